The van der Waals surface area contributed by atoms with E-state index in [1.54, 1.807) is 0 Å². The topological polar surface area (TPSA) is 30.5 Å². The lowest BCUT2D eigenvalue weighted by atomic mass is 10.0. The SMILES string of the molecule is CCCCCCCCCC(NC)C1COCCO1. The lowest BCUT2D eigenvalue weighted by Crippen LogP contribution is -2.45. The van der Waals surface area contributed by atoms with Crippen molar-refractivity contribution in [2.75, 3.05) is 26.9 Å². The number of hydrogen-bond donors (Lipinski definition) is 1. The van der Waals surface area contributed by atoms with Crippen LogP contribution in [0.15, 0.2) is 0 Å². The second kappa shape index (κ2) is 10.8. The lowest BCUT2D eigenvalue weighted by molar-refractivity contribution is -0.102. The van der Waals surface area contributed by atoms with Gasteiger partial charge in [0.25, 0.3) is 0 Å². The first-order valence-corrected chi connectivity index (χ1v) is 7.75. The highest BCUT2D eigenvalue weighted by molar-refractivity contribution is 4.77. The highest BCUT2D eigenvalue weighted by Crippen LogP contribution is 2.14. The summed E-state index contributed by atoms with van der Waals surface area (Å²) in [6.45, 7) is 4.52. The predicted molar refractivity (Wildman–Crippen MR) is 76.0 cm³/mol. The molecule has 0 spiro atoms. The largest absolute Gasteiger partial charge is 0.376 e. The van der Waals surface area contributed by atoms with E-state index in [1.165, 1.54) is 51.4 Å². The summed E-state index contributed by atoms with van der Waals surface area (Å²) < 4.78 is 11.2. The van der Waals surface area contributed by atoms with Gasteiger partial charge in [-0.1, -0.05) is 51.9 Å². The van der Waals surface area contributed by atoms with Crippen LogP contribution in [0.1, 0.15) is 58.3 Å². The van der Waals surface area contributed by atoms with Crippen LogP contribution in [0.25, 0.3) is 0 Å². The Labute approximate surface area is 113 Å². The lowest BCUT2D eigenvalue weighted by Gasteiger charge is -2.30. The van der Waals surface area contributed by atoms with Crippen LogP contribution in [0, 0.1) is 0 Å². The van der Waals surface area contributed by atoms with Gasteiger partial charge in [0.05, 0.1) is 25.9 Å². The molecule has 1 rings (SSSR count). The molecule has 1 saturated heterocycles. The summed E-state index contributed by atoms with van der Waals surface area (Å²) in [5.41, 5.74) is 0. The van der Waals surface area contributed by atoms with Crippen molar-refractivity contribution in [2.24, 2.45) is 0 Å². The van der Waals surface area contributed by atoms with E-state index in [0.717, 1.165) is 19.8 Å². The van der Waals surface area contributed by atoms with Crippen molar-refractivity contribution >= 4 is 0 Å². The van der Waals surface area contributed by atoms with Gasteiger partial charge in [0.15, 0.2) is 0 Å². The van der Waals surface area contributed by atoms with Gasteiger partial charge in [-0.2, -0.15) is 0 Å². The van der Waals surface area contributed by atoms with E-state index in [9.17, 15) is 0 Å². The molecular formula is C15H31NO2. The van der Waals surface area contributed by atoms with Crippen molar-refractivity contribution in [1.82, 2.24) is 5.32 Å². The van der Waals surface area contributed by atoms with Gasteiger partial charge in [-0.05, 0) is 13.5 Å². The van der Waals surface area contributed by atoms with Crippen molar-refractivity contribution < 1.29 is 9.47 Å². The van der Waals surface area contributed by atoms with E-state index < -0.39 is 0 Å². The van der Waals surface area contributed by atoms with Gasteiger partial charge < -0.3 is 14.8 Å². The second-order valence-corrected chi connectivity index (χ2v) is 5.29. The molecular weight excluding hydrogens is 226 g/mol. The molecule has 0 aliphatic carbocycles. The molecule has 0 saturated carbocycles. The van der Waals surface area contributed by atoms with Crippen molar-refractivity contribution in [2.45, 2.75) is 70.4 Å². The molecule has 18 heavy (non-hydrogen) atoms. The van der Waals surface area contributed by atoms with Crippen LogP contribution in [0.5, 0.6) is 0 Å². The van der Waals surface area contributed by atoms with Gasteiger partial charge in [0, 0.05) is 6.04 Å². The third-order valence-electron chi connectivity index (χ3n) is 3.78. The molecule has 3 nitrogen and oxygen atoms in total. The van der Waals surface area contributed by atoms with E-state index in [4.69, 9.17) is 9.47 Å². The fraction of sp³-hybridized carbons (Fsp3) is 1.00. The number of ether oxygens (including phenoxy) is 2. The Hall–Kier alpha value is -0.120. The van der Waals surface area contributed by atoms with Crippen LogP contribution in [-0.2, 0) is 9.47 Å². The van der Waals surface area contributed by atoms with E-state index in [1.807, 2.05) is 7.05 Å². The summed E-state index contributed by atoms with van der Waals surface area (Å²) >= 11 is 0. The third-order valence-corrected chi connectivity index (χ3v) is 3.78. The monoisotopic (exact) mass is 257 g/mol. The maximum Gasteiger partial charge on any atom is 0.0961 e. The Morgan fingerprint density at radius 1 is 1.06 bits per heavy atom. The quantitative estimate of drug-likeness (QED) is 0.610. The zero-order chi connectivity index (χ0) is 13.1. The second-order valence-electron chi connectivity index (χ2n) is 5.29. The molecule has 0 amide bonds. The predicted octanol–water partition coefficient (Wildman–Crippen LogP) is 3.13. The normalized spacial score (nSPS) is 22.0. The number of likely N-dealkylation sites (N-methyl/N-ethyl adjacent to an activating group) is 1. The number of rotatable bonds is 10. The summed E-state index contributed by atoms with van der Waals surface area (Å²) in [7, 11) is 2.03. The summed E-state index contributed by atoms with van der Waals surface area (Å²) in [4.78, 5) is 0. The average Bonchev–Trinajstić information content (AvgIpc) is 2.43. The van der Waals surface area contributed by atoms with E-state index in [0.29, 0.717) is 6.04 Å². The van der Waals surface area contributed by atoms with Crippen molar-refractivity contribution in [3.05, 3.63) is 0 Å². The Kier molecular flexibility index (Phi) is 9.54. The Morgan fingerprint density at radius 2 is 1.78 bits per heavy atom. The molecule has 1 aliphatic rings. The smallest absolute Gasteiger partial charge is 0.0961 e. The molecule has 0 aromatic heterocycles. The summed E-state index contributed by atoms with van der Waals surface area (Å²) in [5, 5.41) is 3.38. The summed E-state index contributed by atoms with van der Waals surface area (Å²) in [6, 6.07) is 0.459. The van der Waals surface area contributed by atoms with Gasteiger partial charge in [-0.25, -0.2) is 0 Å². The van der Waals surface area contributed by atoms with Gasteiger partial charge in [-0.3, -0.25) is 0 Å². The van der Waals surface area contributed by atoms with Crippen molar-refractivity contribution in [3.8, 4) is 0 Å². The minimum atomic E-state index is 0.254. The number of hydrogen-bond acceptors (Lipinski definition) is 3. The first kappa shape index (κ1) is 15.9. The fourth-order valence-electron chi connectivity index (χ4n) is 2.58. The van der Waals surface area contributed by atoms with E-state index >= 15 is 0 Å². The van der Waals surface area contributed by atoms with E-state index in [2.05, 4.69) is 12.2 Å². The zero-order valence-corrected chi connectivity index (χ0v) is 12.2. The van der Waals surface area contributed by atoms with Gasteiger partial charge in [0.2, 0.25) is 0 Å². The zero-order valence-electron chi connectivity index (χ0n) is 12.2. The molecule has 2 atom stereocenters. The van der Waals surface area contributed by atoms with Crippen molar-refractivity contribution in [3.63, 3.8) is 0 Å². The molecule has 0 bridgehead atoms. The van der Waals surface area contributed by atoms with Crippen LogP contribution in [0.4, 0.5) is 0 Å². The number of unbranched alkanes of at least 4 members (excludes halogenated alkanes) is 6. The Bertz CT molecular complexity index is 181. The highest BCUT2D eigenvalue weighted by atomic mass is 16.6. The van der Waals surface area contributed by atoms with Crippen LogP contribution in [-0.4, -0.2) is 39.0 Å². The third kappa shape index (κ3) is 6.72. The molecule has 1 heterocycles. The van der Waals surface area contributed by atoms with Gasteiger partial charge in [0.1, 0.15) is 0 Å². The maximum absolute atomic E-state index is 5.75. The van der Waals surface area contributed by atoms with Gasteiger partial charge in [-0.15, -0.1) is 0 Å². The molecule has 2 unspecified atom stereocenters. The van der Waals surface area contributed by atoms with E-state index in [-0.39, 0.29) is 6.10 Å². The minimum absolute atomic E-state index is 0.254. The average molecular weight is 257 g/mol. The maximum atomic E-state index is 5.75. The van der Waals surface area contributed by atoms with Crippen LogP contribution < -0.4 is 5.32 Å². The van der Waals surface area contributed by atoms with Gasteiger partial charge >= 0.3 is 0 Å². The molecule has 1 fully saturated rings. The first-order chi connectivity index (χ1) is 8.88. The Morgan fingerprint density at radius 3 is 2.39 bits per heavy atom. The minimum Gasteiger partial charge on any atom is -0.376 e. The molecule has 1 aliphatic heterocycles. The molecule has 108 valence electrons. The summed E-state index contributed by atoms with van der Waals surface area (Å²) in [6.07, 6.45) is 11.0. The molecule has 3 heteroatoms. The molecule has 0 aromatic carbocycles. The molecule has 1 N–H and O–H groups in total. The van der Waals surface area contributed by atoms with Crippen LogP contribution in [0.3, 0.4) is 0 Å². The molecule has 0 aromatic rings. The molecule has 0 radical (unpaired) electrons. The number of nitrogens with one attached hydrogen (secondary N) is 1. The van der Waals surface area contributed by atoms with Crippen LogP contribution >= 0.6 is 0 Å². The highest BCUT2D eigenvalue weighted by Gasteiger charge is 2.23. The van der Waals surface area contributed by atoms with Crippen LogP contribution in [0.2, 0.25) is 0 Å². The fourth-order valence-corrected chi connectivity index (χ4v) is 2.58. The van der Waals surface area contributed by atoms with Crippen molar-refractivity contribution in [1.29, 1.82) is 0 Å². The standard InChI is InChI=1S/C15H31NO2/c1-3-4-5-6-7-8-9-10-14(16-2)15-13-17-11-12-18-15/h14-16H,3-13H2,1-2H3. The first-order valence-electron chi connectivity index (χ1n) is 7.75. The summed E-state index contributed by atoms with van der Waals surface area (Å²) in [5.74, 6) is 0. The Balaban J connectivity index is 2.00.